The molecule has 0 aliphatic rings. The highest BCUT2D eigenvalue weighted by Crippen LogP contribution is 2.19. The molecule has 0 aliphatic carbocycles. The summed E-state index contributed by atoms with van der Waals surface area (Å²) in [5.74, 6) is 0.576. The van der Waals surface area contributed by atoms with Crippen LogP contribution in [0.25, 0.3) is 0 Å². The average Bonchev–Trinajstić information content (AvgIpc) is 3.15. The number of halogens is 1. The van der Waals surface area contributed by atoms with E-state index in [4.69, 9.17) is 11.6 Å². The summed E-state index contributed by atoms with van der Waals surface area (Å²) < 4.78 is 25.5. The van der Waals surface area contributed by atoms with Crippen LogP contribution in [0, 0.1) is 0 Å². The molecule has 2 rings (SSSR count). The van der Waals surface area contributed by atoms with Crippen LogP contribution in [0.15, 0.2) is 47.7 Å². The molecule has 0 amide bonds. The highest BCUT2D eigenvalue weighted by atomic mass is 35.5. The summed E-state index contributed by atoms with van der Waals surface area (Å²) in [6, 6.07) is 9.41. The maximum atomic E-state index is 12.2. The van der Waals surface area contributed by atoms with Crippen molar-refractivity contribution in [1.29, 1.82) is 0 Å². The molecule has 1 unspecified atom stereocenters. The summed E-state index contributed by atoms with van der Waals surface area (Å²) in [4.78, 5) is 4.18. The second-order valence-corrected chi connectivity index (χ2v) is 10.7. The Morgan fingerprint density at radius 3 is 2.46 bits per heavy atom. The number of benzene rings is 1. The van der Waals surface area contributed by atoms with Crippen LogP contribution in [0.5, 0.6) is 0 Å². The second-order valence-electron chi connectivity index (χ2n) is 7.36. The van der Waals surface area contributed by atoms with E-state index in [9.17, 15) is 8.42 Å². The van der Waals surface area contributed by atoms with Gasteiger partial charge >= 0.3 is 0 Å². The summed E-state index contributed by atoms with van der Waals surface area (Å²) in [6.07, 6.45) is 3.63. The third-order valence-corrected chi connectivity index (χ3v) is 7.24. The van der Waals surface area contributed by atoms with Gasteiger partial charge in [-0.25, -0.2) is 8.42 Å². The molecule has 0 spiro atoms. The Bertz CT molecular complexity index is 872. The number of hydrogen-bond donors (Lipinski definition) is 2. The SMILES string of the molecule is CN=C(NCCS(=O)(=O)C(C)(C)C)NCC(c1ccc(Cl)cc1)n1cccn1. The molecule has 0 saturated carbocycles. The lowest BCUT2D eigenvalue weighted by atomic mass is 10.1. The molecule has 2 aromatic rings. The number of sulfone groups is 1. The molecule has 1 aromatic heterocycles. The number of aromatic nitrogens is 2. The number of nitrogens with one attached hydrogen (secondary N) is 2. The van der Waals surface area contributed by atoms with Crippen LogP contribution in [0.4, 0.5) is 0 Å². The van der Waals surface area contributed by atoms with E-state index in [0.29, 0.717) is 17.5 Å². The van der Waals surface area contributed by atoms with Crippen LogP contribution in [0.3, 0.4) is 0 Å². The standard InChI is InChI=1S/C19H28ClN5O2S/c1-19(2,3)28(26,27)13-11-22-18(21-4)23-14-17(25-12-5-10-24-25)15-6-8-16(20)9-7-15/h5-10,12,17H,11,13-14H2,1-4H3,(H2,21,22,23). The van der Waals surface area contributed by atoms with Gasteiger partial charge < -0.3 is 10.6 Å². The van der Waals surface area contributed by atoms with Crippen LogP contribution < -0.4 is 10.6 Å². The maximum Gasteiger partial charge on any atom is 0.191 e. The molecule has 0 radical (unpaired) electrons. The Balaban J connectivity index is 2.00. The smallest absolute Gasteiger partial charge is 0.191 e. The first-order valence-electron chi connectivity index (χ1n) is 9.05. The van der Waals surface area contributed by atoms with Crippen LogP contribution in [0.1, 0.15) is 32.4 Å². The summed E-state index contributed by atoms with van der Waals surface area (Å²) >= 11 is 6.00. The van der Waals surface area contributed by atoms with Crippen molar-refractivity contribution >= 4 is 27.4 Å². The zero-order valence-corrected chi connectivity index (χ0v) is 18.3. The van der Waals surface area contributed by atoms with E-state index < -0.39 is 14.6 Å². The molecule has 0 fully saturated rings. The molecule has 2 N–H and O–H groups in total. The first-order chi connectivity index (χ1) is 13.1. The predicted octanol–water partition coefficient (Wildman–Crippen LogP) is 2.50. The van der Waals surface area contributed by atoms with Gasteiger partial charge in [0.15, 0.2) is 15.8 Å². The lowest BCUT2D eigenvalue weighted by Gasteiger charge is -2.22. The van der Waals surface area contributed by atoms with E-state index in [1.165, 1.54) is 0 Å². The van der Waals surface area contributed by atoms with Gasteiger partial charge in [0.25, 0.3) is 0 Å². The maximum absolute atomic E-state index is 12.2. The number of aliphatic imine (C=N–C) groups is 1. The Morgan fingerprint density at radius 2 is 1.93 bits per heavy atom. The molecular weight excluding hydrogens is 398 g/mol. The van der Waals surface area contributed by atoms with Crippen molar-refractivity contribution in [3.63, 3.8) is 0 Å². The molecule has 0 saturated heterocycles. The minimum Gasteiger partial charge on any atom is -0.355 e. The van der Waals surface area contributed by atoms with Crippen molar-refractivity contribution in [2.24, 2.45) is 4.99 Å². The Labute approximate surface area is 172 Å². The van der Waals surface area contributed by atoms with Crippen LogP contribution in [-0.4, -0.2) is 54.8 Å². The number of guanidine groups is 1. The lowest BCUT2D eigenvalue weighted by Crippen LogP contribution is -2.43. The van der Waals surface area contributed by atoms with E-state index in [2.05, 4.69) is 20.7 Å². The monoisotopic (exact) mass is 425 g/mol. The van der Waals surface area contributed by atoms with E-state index in [1.807, 2.05) is 41.2 Å². The summed E-state index contributed by atoms with van der Waals surface area (Å²) in [6.45, 7) is 5.92. The fourth-order valence-corrected chi connectivity index (χ4v) is 3.65. The molecule has 0 bridgehead atoms. The minimum absolute atomic E-state index is 0.0387. The van der Waals surface area contributed by atoms with Crippen molar-refractivity contribution < 1.29 is 8.42 Å². The second kappa shape index (κ2) is 9.43. The van der Waals surface area contributed by atoms with E-state index >= 15 is 0 Å². The van der Waals surface area contributed by atoms with Crippen molar-refractivity contribution in [2.45, 2.75) is 31.6 Å². The fourth-order valence-electron chi connectivity index (χ4n) is 2.54. The molecule has 7 nitrogen and oxygen atoms in total. The van der Waals surface area contributed by atoms with Crippen molar-refractivity contribution in [3.05, 3.63) is 53.3 Å². The van der Waals surface area contributed by atoms with E-state index in [-0.39, 0.29) is 18.3 Å². The van der Waals surface area contributed by atoms with Gasteiger partial charge in [0.05, 0.1) is 16.5 Å². The number of hydrogen-bond acceptors (Lipinski definition) is 4. The Morgan fingerprint density at radius 1 is 1.25 bits per heavy atom. The quantitative estimate of drug-likeness (QED) is 0.525. The van der Waals surface area contributed by atoms with Gasteiger partial charge in [-0.1, -0.05) is 23.7 Å². The first kappa shape index (κ1) is 22.2. The normalized spacial score (nSPS) is 14.0. The molecule has 154 valence electrons. The fraction of sp³-hybridized carbons (Fsp3) is 0.474. The average molecular weight is 426 g/mol. The van der Waals surface area contributed by atoms with Crippen LogP contribution >= 0.6 is 11.6 Å². The largest absolute Gasteiger partial charge is 0.355 e. The molecule has 0 aliphatic heterocycles. The zero-order chi connectivity index (χ0) is 20.8. The van der Waals surface area contributed by atoms with Crippen LogP contribution in [0.2, 0.25) is 5.02 Å². The zero-order valence-electron chi connectivity index (χ0n) is 16.7. The van der Waals surface area contributed by atoms with Crippen LogP contribution in [-0.2, 0) is 9.84 Å². The first-order valence-corrected chi connectivity index (χ1v) is 11.1. The third-order valence-electron chi connectivity index (χ3n) is 4.38. The predicted molar refractivity (Wildman–Crippen MR) is 115 cm³/mol. The topological polar surface area (TPSA) is 88.4 Å². The highest BCUT2D eigenvalue weighted by Gasteiger charge is 2.28. The number of rotatable bonds is 7. The molecule has 1 heterocycles. The van der Waals surface area contributed by atoms with Crippen molar-refractivity contribution in [3.8, 4) is 0 Å². The summed E-state index contributed by atoms with van der Waals surface area (Å²) in [7, 11) is -1.54. The highest BCUT2D eigenvalue weighted by molar-refractivity contribution is 7.92. The van der Waals surface area contributed by atoms with E-state index in [1.54, 1.807) is 34.0 Å². The van der Waals surface area contributed by atoms with Gasteiger partial charge in [0.1, 0.15) is 0 Å². The molecular formula is C19H28ClN5O2S. The Kier molecular flexibility index (Phi) is 7.48. The molecule has 1 atom stereocenters. The van der Waals surface area contributed by atoms with Gasteiger partial charge in [-0.3, -0.25) is 9.67 Å². The summed E-state index contributed by atoms with van der Waals surface area (Å²) in [5.41, 5.74) is 1.05. The molecule has 28 heavy (non-hydrogen) atoms. The van der Waals surface area contributed by atoms with E-state index in [0.717, 1.165) is 5.56 Å². The molecule has 9 heteroatoms. The van der Waals surface area contributed by atoms with Gasteiger partial charge in [-0.15, -0.1) is 0 Å². The number of nitrogens with zero attached hydrogens (tertiary/aromatic N) is 3. The summed E-state index contributed by atoms with van der Waals surface area (Å²) in [5, 5.41) is 11.3. The van der Waals surface area contributed by atoms with Gasteiger partial charge in [-0.2, -0.15) is 5.10 Å². The van der Waals surface area contributed by atoms with Gasteiger partial charge in [-0.05, 0) is 44.5 Å². The van der Waals surface area contributed by atoms with Crippen molar-refractivity contribution in [1.82, 2.24) is 20.4 Å². The van der Waals surface area contributed by atoms with Gasteiger partial charge in [0, 0.05) is 37.6 Å². The lowest BCUT2D eigenvalue weighted by molar-refractivity contribution is 0.511. The third kappa shape index (κ3) is 5.97. The molecule has 1 aromatic carbocycles. The Hall–Kier alpha value is -2.06. The van der Waals surface area contributed by atoms with Crippen molar-refractivity contribution in [2.75, 3.05) is 25.9 Å². The minimum atomic E-state index is -3.19. The van der Waals surface area contributed by atoms with Gasteiger partial charge in [0.2, 0.25) is 0 Å².